The fourth-order valence-electron chi connectivity index (χ4n) is 3.20. The van der Waals surface area contributed by atoms with Gasteiger partial charge in [0.15, 0.2) is 23.9 Å². The van der Waals surface area contributed by atoms with Crippen LogP contribution in [0.4, 0.5) is 0 Å². The highest BCUT2D eigenvalue weighted by atomic mass is 16.5. The molecule has 0 aliphatic heterocycles. The zero-order chi connectivity index (χ0) is 20.3. The van der Waals surface area contributed by atoms with Gasteiger partial charge in [-0.15, -0.1) is 15.3 Å². The Labute approximate surface area is 172 Å². The smallest absolute Gasteiger partial charge is 0.240 e. The summed E-state index contributed by atoms with van der Waals surface area (Å²) in [5.74, 6) is 1.73. The predicted molar refractivity (Wildman–Crippen MR) is 112 cm³/mol. The van der Waals surface area contributed by atoms with Crippen LogP contribution in [-0.4, -0.2) is 34.6 Å². The van der Waals surface area contributed by atoms with Crippen molar-refractivity contribution in [3.63, 3.8) is 0 Å². The van der Waals surface area contributed by atoms with Crippen molar-refractivity contribution >= 4 is 5.65 Å². The van der Waals surface area contributed by atoms with E-state index in [2.05, 4.69) is 20.3 Å². The second-order valence-electron chi connectivity index (χ2n) is 6.69. The van der Waals surface area contributed by atoms with Crippen LogP contribution in [-0.2, 0) is 13.2 Å². The van der Waals surface area contributed by atoms with Crippen molar-refractivity contribution in [3.8, 4) is 28.4 Å². The van der Waals surface area contributed by atoms with E-state index in [0.717, 1.165) is 23.2 Å². The number of rotatable bonds is 6. The summed E-state index contributed by atoms with van der Waals surface area (Å²) in [6.45, 7) is 2.99. The van der Waals surface area contributed by atoms with Crippen LogP contribution in [0, 0.1) is 0 Å². The molecule has 3 heterocycles. The highest BCUT2D eigenvalue weighted by molar-refractivity contribution is 5.72. The number of fused-ring (bicyclic) bond motifs is 1. The van der Waals surface area contributed by atoms with Gasteiger partial charge < -0.3 is 4.74 Å². The Morgan fingerprint density at radius 2 is 1.60 bits per heavy atom. The normalized spacial score (nSPS) is 11.1. The lowest BCUT2D eigenvalue weighted by Gasteiger charge is -2.10. The summed E-state index contributed by atoms with van der Waals surface area (Å²) in [6, 6.07) is 21.7. The zero-order valence-corrected chi connectivity index (χ0v) is 16.4. The molecule has 5 rings (SSSR count). The lowest BCUT2D eigenvalue weighted by molar-refractivity contribution is 0.280. The fraction of sp³-hybridized carbons (Fsp3) is 0.136. The van der Waals surface area contributed by atoms with Gasteiger partial charge in [-0.25, -0.2) is 4.98 Å². The quantitative estimate of drug-likeness (QED) is 0.435. The number of aromatic nitrogens is 7. The summed E-state index contributed by atoms with van der Waals surface area (Å²) >= 11 is 0. The molecule has 0 fully saturated rings. The fourth-order valence-corrected chi connectivity index (χ4v) is 3.20. The Bertz CT molecular complexity index is 1280. The maximum Gasteiger partial charge on any atom is 0.240 e. The molecule has 8 nitrogen and oxygen atoms in total. The first-order valence-corrected chi connectivity index (χ1v) is 9.70. The van der Waals surface area contributed by atoms with E-state index in [1.165, 1.54) is 0 Å². The van der Waals surface area contributed by atoms with Gasteiger partial charge in [0.05, 0.1) is 0 Å². The molecular formula is C22H19N7O. The summed E-state index contributed by atoms with van der Waals surface area (Å²) in [4.78, 5) is 4.29. The van der Waals surface area contributed by atoms with Crippen LogP contribution in [0.2, 0.25) is 0 Å². The molecule has 0 atom stereocenters. The lowest BCUT2D eigenvalue weighted by atomic mass is 10.1. The minimum atomic E-state index is 0.216. The molecular weight excluding hydrogens is 378 g/mol. The van der Waals surface area contributed by atoms with Crippen LogP contribution in [0.3, 0.4) is 0 Å². The summed E-state index contributed by atoms with van der Waals surface area (Å²) in [6.07, 6.45) is 1.70. The second-order valence-corrected chi connectivity index (χ2v) is 6.69. The first-order chi connectivity index (χ1) is 14.8. The van der Waals surface area contributed by atoms with Crippen molar-refractivity contribution in [2.24, 2.45) is 0 Å². The molecule has 0 amide bonds. The molecule has 0 unspecified atom stereocenters. The topological polar surface area (TPSA) is 83.0 Å². The van der Waals surface area contributed by atoms with Gasteiger partial charge in [0.2, 0.25) is 5.88 Å². The van der Waals surface area contributed by atoms with Gasteiger partial charge in [0.1, 0.15) is 6.33 Å². The first-order valence-electron chi connectivity index (χ1n) is 9.70. The molecule has 0 N–H and O–H groups in total. The van der Waals surface area contributed by atoms with E-state index in [0.29, 0.717) is 23.2 Å². The summed E-state index contributed by atoms with van der Waals surface area (Å²) < 4.78 is 9.55. The van der Waals surface area contributed by atoms with Gasteiger partial charge >= 0.3 is 0 Å². The van der Waals surface area contributed by atoms with E-state index in [1.54, 1.807) is 15.5 Å². The van der Waals surface area contributed by atoms with E-state index >= 15 is 0 Å². The van der Waals surface area contributed by atoms with Crippen LogP contribution in [0.1, 0.15) is 12.7 Å². The third-order valence-corrected chi connectivity index (χ3v) is 4.72. The second kappa shape index (κ2) is 7.75. The number of nitrogens with zero attached hydrogens (tertiary/aromatic N) is 7. The Morgan fingerprint density at radius 1 is 0.867 bits per heavy atom. The SMILES string of the molecule is CCn1cnc(COc2nn3c(-c4ccccc4)nnc3cc2-c2ccccc2)n1. The minimum Gasteiger partial charge on any atom is -0.468 e. The van der Waals surface area contributed by atoms with Crippen molar-refractivity contribution in [1.82, 2.24) is 34.6 Å². The number of benzene rings is 2. The van der Waals surface area contributed by atoms with Crippen LogP contribution >= 0.6 is 0 Å². The third kappa shape index (κ3) is 3.39. The molecule has 0 radical (unpaired) electrons. The lowest BCUT2D eigenvalue weighted by Crippen LogP contribution is -2.05. The molecule has 0 bridgehead atoms. The largest absolute Gasteiger partial charge is 0.468 e. The molecule has 8 heteroatoms. The minimum absolute atomic E-state index is 0.216. The number of hydrogen-bond acceptors (Lipinski definition) is 6. The van der Waals surface area contributed by atoms with E-state index in [4.69, 9.17) is 9.84 Å². The van der Waals surface area contributed by atoms with E-state index < -0.39 is 0 Å². The molecule has 0 aliphatic carbocycles. The van der Waals surface area contributed by atoms with Crippen LogP contribution in [0.15, 0.2) is 73.1 Å². The average Bonchev–Trinajstić information content (AvgIpc) is 3.44. The van der Waals surface area contributed by atoms with Crippen molar-refractivity contribution in [1.29, 1.82) is 0 Å². The Morgan fingerprint density at radius 3 is 2.30 bits per heavy atom. The third-order valence-electron chi connectivity index (χ3n) is 4.72. The number of aryl methyl sites for hydroxylation is 1. The van der Waals surface area contributed by atoms with Gasteiger partial charge in [-0.1, -0.05) is 60.7 Å². The molecule has 2 aromatic carbocycles. The summed E-state index contributed by atoms with van der Waals surface area (Å²) in [7, 11) is 0. The highest BCUT2D eigenvalue weighted by Gasteiger charge is 2.16. The Balaban J connectivity index is 1.59. The van der Waals surface area contributed by atoms with E-state index in [1.807, 2.05) is 73.7 Å². The van der Waals surface area contributed by atoms with Gasteiger partial charge in [-0.05, 0) is 18.6 Å². The van der Waals surface area contributed by atoms with Gasteiger partial charge in [0, 0.05) is 17.7 Å². The highest BCUT2D eigenvalue weighted by Crippen LogP contribution is 2.30. The van der Waals surface area contributed by atoms with Crippen molar-refractivity contribution in [3.05, 3.63) is 78.9 Å². The Kier molecular flexibility index (Phi) is 4.65. The molecule has 30 heavy (non-hydrogen) atoms. The monoisotopic (exact) mass is 397 g/mol. The summed E-state index contributed by atoms with van der Waals surface area (Å²) in [5.41, 5.74) is 3.40. The van der Waals surface area contributed by atoms with Crippen molar-refractivity contribution in [2.75, 3.05) is 0 Å². The van der Waals surface area contributed by atoms with Gasteiger partial charge in [-0.3, -0.25) is 4.68 Å². The van der Waals surface area contributed by atoms with Crippen LogP contribution in [0.25, 0.3) is 28.2 Å². The number of ether oxygens (including phenoxy) is 1. The molecule has 0 spiro atoms. The average molecular weight is 397 g/mol. The first kappa shape index (κ1) is 18.0. The molecule has 148 valence electrons. The predicted octanol–water partition coefficient (Wildman–Crippen LogP) is 3.65. The summed E-state index contributed by atoms with van der Waals surface area (Å²) in [5, 5.41) is 17.8. The standard InChI is InChI=1S/C22H19N7O/c1-2-28-15-23-19(26-28)14-30-22-18(16-9-5-3-6-10-16)13-20-24-25-21(29(20)27-22)17-11-7-4-8-12-17/h3-13,15H,2,14H2,1H3. The van der Waals surface area contributed by atoms with Gasteiger partial charge in [0.25, 0.3) is 0 Å². The maximum atomic E-state index is 6.08. The Hall–Kier alpha value is -4.07. The van der Waals surface area contributed by atoms with Gasteiger partial charge in [-0.2, -0.15) is 9.61 Å². The molecule has 3 aromatic heterocycles. The molecule has 5 aromatic rings. The molecule has 0 aliphatic rings. The van der Waals surface area contributed by atoms with E-state index in [-0.39, 0.29) is 6.61 Å². The maximum absolute atomic E-state index is 6.08. The zero-order valence-electron chi connectivity index (χ0n) is 16.4. The van der Waals surface area contributed by atoms with E-state index in [9.17, 15) is 0 Å². The molecule has 0 saturated carbocycles. The number of hydrogen-bond donors (Lipinski definition) is 0. The molecule has 0 saturated heterocycles. The van der Waals surface area contributed by atoms with Crippen LogP contribution < -0.4 is 4.74 Å². The van der Waals surface area contributed by atoms with Crippen LogP contribution in [0.5, 0.6) is 5.88 Å². The van der Waals surface area contributed by atoms with Crippen molar-refractivity contribution in [2.45, 2.75) is 20.1 Å². The van der Waals surface area contributed by atoms with Crippen molar-refractivity contribution < 1.29 is 4.74 Å².